The van der Waals surface area contributed by atoms with Crippen molar-refractivity contribution in [2.24, 2.45) is 0 Å². The van der Waals surface area contributed by atoms with Gasteiger partial charge < -0.3 is 0 Å². The predicted octanol–water partition coefficient (Wildman–Crippen LogP) is 1.46. The van der Waals surface area contributed by atoms with Crippen LogP contribution in [-0.2, 0) is 4.79 Å². The normalized spacial score (nSPS) is 17.6. The van der Waals surface area contributed by atoms with Crippen LogP contribution in [0.4, 0.5) is 0 Å². The van der Waals surface area contributed by atoms with E-state index in [1.807, 2.05) is 19.1 Å². The summed E-state index contributed by atoms with van der Waals surface area (Å²) in [6.45, 7) is 2.02. The number of rotatable bonds is 1. The molecule has 0 heterocycles. The summed E-state index contributed by atoms with van der Waals surface area (Å²) < 4.78 is 0. The van der Waals surface area contributed by atoms with E-state index in [1.165, 1.54) is 5.57 Å². The SMILES string of the molecule is CC1=CC(C=O)=CC1. The number of allylic oxidation sites excluding steroid dienone is 4. The lowest BCUT2D eigenvalue weighted by Crippen LogP contribution is -1.70. The zero-order chi connectivity index (χ0) is 5.98. The van der Waals surface area contributed by atoms with Crippen molar-refractivity contribution in [1.82, 2.24) is 0 Å². The van der Waals surface area contributed by atoms with Gasteiger partial charge in [-0.1, -0.05) is 17.7 Å². The van der Waals surface area contributed by atoms with Gasteiger partial charge in [0.25, 0.3) is 0 Å². The maximum absolute atomic E-state index is 10.0. The van der Waals surface area contributed by atoms with Crippen LogP contribution < -0.4 is 0 Å². The number of aldehydes is 1. The Morgan fingerprint density at radius 3 is 2.75 bits per heavy atom. The molecule has 1 heteroatoms. The molecule has 0 spiro atoms. The second-order valence-corrected chi connectivity index (χ2v) is 2.02. The molecule has 0 aliphatic heterocycles. The van der Waals surface area contributed by atoms with E-state index < -0.39 is 0 Å². The summed E-state index contributed by atoms with van der Waals surface area (Å²) in [5.74, 6) is 0. The summed E-state index contributed by atoms with van der Waals surface area (Å²) in [5, 5.41) is 0. The lowest BCUT2D eigenvalue weighted by molar-refractivity contribution is -0.104. The Morgan fingerprint density at radius 2 is 2.50 bits per heavy atom. The van der Waals surface area contributed by atoms with Gasteiger partial charge in [-0.05, 0) is 13.3 Å². The molecule has 1 rings (SSSR count). The fraction of sp³-hybridized carbons (Fsp3) is 0.286. The van der Waals surface area contributed by atoms with Crippen LogP contribution in [0.2, 0.25) is 0 Å². The first kappa shape index (κ1) is 5.29. The van der Waals surface area contributed by atoms with Crippen molar-refractivity contribution in [3.8, 4) is 0 Å². The summed E-state index contributed by atoms with van der Waals surface area (Å²) in [6, 6.07) is 0. The lowest BCUT2D eigenvalue weighted by atomic mass is 10.3. The van der Waals surface area contributed by atoms with E-state index in [0.717, 1.165) is 18.3 Å². The summed E-state index contributed by atoms with van der Waals surface area (Å²) in [7, 11) is 0. The molecule has 8 heavy (non-hydrogen) atoms. The molecule has 0 saturated heterocycles. The fourth-order valence-corrected chi connectivity index (χ4v) is 0.763. The van der Waals surface area contributed by atoms with Crippen molar-refractivity contribution in [2.45, 2.75) is 13.3 Å². The molecule has 42 valence electrons. The first-order valence-corrected chi connectivity index (χ1v) is 2.65. The van der Waals surface area contributed by atoms with E-state index >= 15 is 0 Å². The third kappa shape index (κ3) is 0.861. The van der Waals surface area contributed by atoms with E-state index in [1.54, 1.807) is 0 Å². The van der Waals surface area contributed by atoms with Gasteiger partial charge in [0.15, 0.2) is 0 Å². The highest BCUT2D eigenvalue weighted by atomic mass is 16.1. The minimum Gasteiger partial charge on any atom is -0.298 e. The van der Waals surface area contributed by atoms with Gasteiger partial charge in [0.05, 0.1) is 0 Å². The zero-order valence-electron chi connectivity index (χ0n) is 4.85. The molecular weight excluding hydrogens is 100 g/mol. The third-order valence-electron chi connectivity index (χ3n) is 1.21. The molecule has 0 aromatic carbocycles. The van der Waals surface area contributed by atoms with Crippen LogP contribution in [0.15, 0.2) is 23.3 Å². The number of carbonyl (C=O) groups is 1. The highest BCUT2D eigenvalue weighted by Crippen LogP contribution is 2.13. The maximum Gasteiger partial charge on any atom is 0.149 e. The van der Waals surface area contributed by atoms with Crippen LogP contribution in [0.25, 0.3) is 0 Å². The lowest BCUT2D eigenvalue weighted by Gasteiger charge is -1.79. The molecule has 1 nitrogen and oxygen atoms in total. The van der Waals surface area contributed by atoms with Crippen LogP contribution in [0.5, 0.6) is 0 Å². The van der Waals surface area contributed by atoms with Crippen molar-refractivity contribution in [3.63, 3.8) is 0 Å². The quantitative estimate of drug-likeness (QED) is 0.465. The van der Waals surface area contributed by atoms with Crippen LogP contribution in [0.1, 0.15) is 13.3 Å². The molecule has 1 aliphatic carbocycles. The maximum atomic E-state index is 10.0. The number of hydrogen-bond acceptors (Lipinski definition) is 1. The van der Waals surface area contributed by atoms with Gasteiger partial charge in [-0.3, -0.25) is 4.79 Å². The largest absolute Gasteiger partial charge is 0.298 e. The monoisotopic (exact) mass is 108 g/mol. The van der Waals surface area contributed by atoms with Crippen LogP contribution >= 0.6 is 0 Å². The Bertz CT molecular complexity index is 163. The molecule has 0 atom stereocenters. The minimum atomic E-state index is 0.822. The molecular formula is C7H8O. The van der Waals surface area contributed by atoms with Crippen molar-refractivity contribution >= 4 is 6.29 Å². The second-order valence-electron chi connectivity index (χ2n) is 2.02. The molecule has 0 aromatic rings. The highest BCUT2D eigenvalue weighted by molar-refractivity contribution is 5.79. The molecule has 0 saturated carbocycles. The molecule has 0 fully saturated rings. The minimum absolute atomic E-state index is 0.822. The molecule has 0 aromatic heterocycles. The molecule has 0 amide bonds. The van der Waals surface area contributed by atoms with Gasteiger partial charge >= 0.3 is 0 Å². The zero-order valence-corrected chi connectivity index (χ0v) is 4.85. The van der Waals surface area contributed by atoms with E-state index in [-0.39, 0.29) is 0 Å². The first-order chi connectivity index (χ1) is 3.83. The Kier molecular flexibility index (Phi) is 1.29. The smallest absolute Gasteiger partial charge is 0.149 e. The number of carbonyl (C=O) groups excluding carboxylic acids is 1. The van der Waals surface area contributed by atoms with Gasteiger partial charge in [0.1, 0.15) is 6.29 Å². The van der Waals surface area contributed by atoms with Gasteiger partial charge in [-0.15, -0.1) is 0 Å². The summed E-state index contributed by atoms with van der Waals surface area (Å²) in [4.78, 5) is 10.0. The summed E-state index contributed by atoms with van der Waals surface area (Å²) in [5.41, 5.74) is 2.09. The molecule has 0 N–H and O–H groups in total. The van der Waals surface area contributed by atoms with Crippen LogP contribution in [-0.4, -0.2) is 6.29 Å². The van der Waals surface area contributed by atoms with Crippen molar-refractivity contribution in [1.29, 1.82) is 0 Å². The predicted molar refractivity (Wildman–Crippen MR) is 32.5 cm³/mol. The molecule has 0 bridgehead atoms. The molecule has 0 unspecified atom stereocenters. The summed E-state index contributed by atoms with van der Waals surface area (Å²) >= 11 is 0. The Morgan fingerprint density at radius 1 is 1.75 bits per heavy atom. The van der Waals surface area contributed by atoms with Crippen molar-refractivity contribution in [2.75, 3.05) is 0 Å². The molecule has 1 aliphatic rings. The Hall–Kier alpha value is -0.850. The number of hydrogen-bond donors (Lipinski definition) is 0. The van der Waals surface area contributed by atoms with E-state index in [2.05, 4.69) is 0 Å². The van der Waals surface area contributed by atoms with Gasteiger partial charge in [0, 0.05) is 5.57 Å². The second kappa shape index (κ2) is 1.95. The van der Waals surface area contributed by atoms with Crippen molar-refractivity contribution < 1.29 is 4.79 Å². The standard InChI is InChI=1S/C7H8O/c1-6-2-3-7(4-6)5-8/h3-5H,2H2,1H3. The Labute approximate surface area is 48.7 Å². The highest BCUT2D eigenvalue weighted by Gasteiger charge is 1.98. The van der Waals surface area contributed by atoms with Gasteiger partial charge in [0.2, 0.25) is 0 Å². The average molecular weight is 108 g/mol. The fourth-order valence-electron chi connectivity index (χ4n) is 0.763. The Balaban J connectivity index is 2.72. The van der Waals surface area contributed by atoms with E-state index in [9.17, 15) is 4.79 Å². The summed E-state index contributed by atoms with van der Waals surface area (Å²) in [6.07, 6.45) is 5.68. The topological polar surface area (TPSA) is 17.1 Å². The van der Waals surface area contributed by atoms with Crippen LogP contribution in [0.3, 0.4) is 0 Å². The van der Waals surface area contributed by atoms with E-state index in [4.69, 9.17) is 0 Å². The molecule has 0 radical (unpaired) electrons. The van der Waals surface area contributed by atoms with Crippen molar-refractivity contribution in [3.05, 3.63) is 23.3 Å². The first-order valence-electron chi connectivity index (χ1n) is 2.65. The van der Waals surface area contributed by atoms with Gasteiger partial charge in [-0.25, -0.2) is 0 Å². The van der Waals surface area contributed by atoms with E-state index in [0.29, 0.717) is 0 Å². The third-order valence-corrected chi connectivity index (χ3v) is 1.21. The average Bonchev–Trinajstić information content (AvgIpc) is 2.14. The van der Waals surface area contributed by atoms with Crippen LogP contribution in [0, 0.1) is 0 Å². The van der Waals surface area contributed by atoms with Gasteiger partial charge in [-0.2, -0.15) is 0 Å².